The lowest BCUT2D eigenvalue weighted by atomic mass is 10.3. The summed E-state index contributed by atoms with van der Waals surface area (Å²) in [6, 6.07) is 0. The summed E-state index contributed by atoms with van der Waals surface area (Å²) < 4.78 is 51.4. The van der Waals surface area contributed by atoms with Crippen LogP contribution in [0, 0.1) is 0 Å². The quantitative estimate of drug-likeness (QED) is 0.676. The summed E-state index contributed by atoms with van der Waals surface area (Å²) >= 11 is 0. The zero-order valence-electron chi connectivity index (χ0n) is 8.56. The third kappa shape index (κ3) is 6.00. The van der Waals surface area contributed by atoms with E-state index in [1.54, 1.807) is 0 Å². The van der Waals surface area contributed by atoms with Gasteiger partial charge in [0, 0.05) is 23.8 Å². The van der Waals surface area contributed by atoms with Crippen LogP contribution in [0.1, 0.15) is 12.8 Å². The summed E-state index contributed by atoms with van der Waals surface area (Å²) in [5.41, 5.74) is 0. The Morgan fingerprint density at radius 2 is 2.00 bits per heavy atom. The second kappa shape index (κ2) is 5.63. The van der Waals surface area contributed by atoms with E-state index >= 15 is 0 Å². The van der Waals surface area contributed by atoms with Gasteiger partial charge in [-0.15, -0.1) is 0 Å². The summed E-state index contributed by atoms with van der Waals surface area (Å²) in [5, 5.41) is 0. The average Bonchev–Trinajstić information content (AvgIpc) is 2.52. The van der Waals surface area contributed by atoms with Crippen molar-refractivity contribution in [2.45, 2.75) is 18.9 Å². The summed E-state index contributed by atoms with van der Waals surface area (Å²) in [5.74, 6) is -0.547. The lowest BCUT2D eigenvalue weighted by Gasteiger charge is -2.10. The van der Waals surface area contributed by atoms with Gasteiger partial charge in [0.2, 0.25) is 19.1 Å². The fourth-order valence-corrected chi connectivity index (χ4v) is 3.39. The summed E-state index contributed by atoms with van der Waals surface area (Å²) in [7, 11) is -2.20. The molecule has 1 heterocycles. The van der Waals surface area contributed by atoms with Crippen LogP contribution in [0.25, 0.3) is 0 Å². The number of nitrogens with one attached hydrogen (secondary N) is 1. The SMILES string of the molecule is O=S(=O)(Cl)CCNS(=O)(=O)CC1CCCO1. The topological polar surface area (TPSA) is 89.5 Å². The van der Waals surface area contributed by atoms with Crippen LogP contribution in [0.15, 0.2) is 0 Å². The van der Waals surface area contributed by atoms with Gasteiger partial charge in [-0.05, 0) is 12.8 Å². The fourth-order valence-electron chi connectivity index (χ4n) is 1.40. The Hall–Kier alpha value is 0.110. The van der Waals surface area contributed by atoms with Crippen LogP contribution in [0.5, 0.6) is 0 Å². The van der Waals surface area contributed by atoms with Crippen LogP contribution in [-0.2, 0) is 23.8 Å². The smallest absolute Gasteiger partial charge is 0.233 e. The number of halogens is 1. The van der Waals surface area contributed by atoms with Crippen LogP contribution in [0.2, 0.25) is 0 Å². The highest BCUT2D eigenvalue weighted by Gasteiger charge is 2.23. The lowest BCUT2D eigenvalue weighted by Crippen LogP contribution is -2.34. The Bertz CT molecular complexity index is 412. The number of rotatable bonds is 6. The molecule has 1 unspecified atom stereocenters. The van der Waals surface area contributed by atoms with Crippen molar-refractivity contribution < 1.29 is 21.6 Å². The van der Waals surface area contributed by atoms with Gasteiger partial charge in [0.15, 0.2) is 0 Å². The van der Waals surface area contributed by atoms with Crippen LogP contribution >= 0.6 is 10.7 Å². The lowest BCUT2D eigenvalue weighted by molar-refractivity contribution is 0.127. The predicted molar refractivity (Wildman–Crippen MR) is 60.4 cm³/mol. The third-order valence-electron chi connectivity index (χ3n) is 2.10. The van der Waals surface area contributed by atoms with Crippen molar-refractivity contribution in [1.29, 1.82) is 0 Å². The van der Waals surface area contributed by atoms with Crippen LogP contribution in [0.3, 0.4) is 0 Å². The second-order valence-electron chi connectivity index (χ2n) is 3.55. The first-order valence-corrected chi connectivity index (χ1v) is 8.93. The molecule has 6 nitrogen and oxygen atoms in total. The minimum absolute atomic E-state index is 0.130. The molecule has 0 saturated carbocycles. The molecule has 0 aromatic heterocycles. The molecule has 0 aromatic rings. The maximum atomic E-state index is 11.4. The van der Waals surface area contributed by atoms with Crippen LogP contribution < -0.4 is 4.72 Å². The van der Waals surface area contributed by atoms with Crippen molar-refractivity contribution in [3.8, 4) is 0 Å². The molecule has 0 bridgehead atoms. The molecule has 1 atom stereocenters. The van der Waals surface area contributed by atoms with E-state index in [1.807, 2.05) is 0 Å². The number of hydrogen-bond acceptors (Lipinski definition) is 5. The van der Waals surface area contributed by atoms with E-state index in [0.717, 1.165) is 6.42 Å². The van der Waals surface area contributed by atoms with Gasteiger partial charge in [-0.1, -0.05) is 0 Å². The Kier molecular flexibility index (Phi) is 4.99. The van der Waals surface area contributed by atoms with E-state index in [-0.39, 0.29) is 18.4 Å². The molecule has 1 fully saturated rings. The number of hydrogen-bond donors (Lipinski definition) is 1. The van der Waals surface area contributed by atoms with Gasteiger partial charge in [0.1, 0.15) is 0 Å². The van der Waals surface area contributed by atoms with Gasteiger partial charge in [0.25, 0.3) is 0 Å². The maximum absolute atomic E-state index is 11.4. The first-order chi connectivity index (χ1) is 7.29. The molecule has 1 N–H and O–H groups in total. The van der Waals surface area contributed by atoms with Gasteiger partial charge in [0.05, 0.1) is 17.6 Å². The minimum atomic E-state index is -3.66. The molecule has 1 aliphatic heterocycles. The van der Waals surface area contributed by atoms with Crippen molar-refractivity contribution in [2.24, 2.45) is 0 Å². The molecule has 0 radical (unpaired) electrons. The molecule has 9 heteroatoms. The molecule has 1 saturated heterocycles. The fraction of sp³-hybridized carbons (Fsp3) is 1.00. The molecule has 96 valence electrons. The Balaban J connectivity index is 2.34. The molecule has 0 amide bonds. The minimum Gasteiger partial charge on any atom is -0.377 e. The Morgan fingerprint density at radius 1 is 1.31 bits per heavy atom. The van der Waals surface area contributed by atoms with Gasteiger partial charge in [-0.3, -0.25) is 0 Å². The standard InChI is InChI=1S/C7H14ClNO5S2/c8-15(10,11)5-3-9-16(12,13)6-7-2-1-4-14-7/h7,9H,1-6H2. The highest BCUT2D eigenvalue weighted by Crippen LogP contribution is 2.13. The van der Waals surface area contributed by atoms with E-state index in [4.69, 9.17) is 15.4 Å². The molecule has 0 aromatic carbocycles. The van der Waals surface area contributed by atoms with Crippen molar-refractivity contribution in [1.82, 2.24) is 4.72 Å². The molecule has 1 rings (SSSR count). The Labute approximate surface area is 99.8 Å². The highest BCUT2D eigenvalue weighted by molar-refractivity contribution is 8.13. The number of sulfonamides is 1. The van der Waals surface area contributed by atoms with Crippen LogP contribution in [-0.4, -0.2) is 47.6 Å². The maximum Gasteiger partial charge on any atom is 0.233 e. The average molecular weight is 292 g/mol. The predicted octanol–water partition coefficient (Wildman–Crippen LogP) is -0.347. The van der Waals surface area contributed by atoms with Gasteiger partial charge < -0.3 is 4.74 Å². The van der Waals surface area contributed by atoms with E-state index in [2.05, 4.69) is 4.72 Å². The Morgan fingerprint density at radius 3 is 2.50 bits per heavy atom. The van der Waals surface area contributed by atoms with Gasteiger partial charge in [-0.2, -0.15) is 0 Å². The van der Waals surface area contributed by atoms with Crippen LogP contribution in [0.4, 0.5) is 0 Å². The normalized spacial score (nSPS) is 22.4. The summed E-state index contributed by atoms with van der Waals surface area (Å²) in [4.78, 5) is 0. The molecule has 1 aliphatic rings. The zero-order chi connectivity index (χ0) is 12.2. The zero-order valence-corrected chi connectivity index (χ0v) is 10.9. The van der Waals surface area contributed by atoms with Crippen molar-refractivity contribution in [2.75, 3.05) is 24.7 Å². The summed E-state index contributed by atoms with van der Waals surface area (Å²) in [6.07, 6.45) is 1.29. The highest BCUT2D eigenvalue weighted by atomic mass is 35.7. The largest absolute Gasteiger partial charge is 0.377 e. The van der Waals surface area contributed by atoms with Crippen molar-refractivity contribution in [3.05, 3.63) is 0 Å². The third-order valence-corrected chi connectivity index (χ3v) is 4.71. The van der Waals surface area contributed by atoms with Crippen molar-refractivity contribution >= 4 is 29.8 Å². The molecule has 0 spiro atoms. The first-order valence-electron chi connectivity index (χ1n) is 4.80. The first kappa shape index (κ1) is 14.2. The van der Waals surface area contributed by atoms with Crippen molar-refractivity contribution in [3.63, 3.8) is 0 Å². The monoisotopic (exact) mass is 291 g/mol. The molecule has 16 heavy (non-hydrogen) atoms. The molecule has 0 aliphatic carbocycles. The van der Waals surface area contributed by atoms with Gasteiger partial charge in [-0.25, -0.2) is 21.6 Å². The summed E-state index contributed by atoms with van der Waals surface area (Å²) in [6.45, 7) is 0.372. The van der Waals surface area contributed by atoms with E-state index in [1.165, 1.54) is 0 Å². The molecular formula is C7H14ClNO5S2. The van der Waals surface area contributed by atoms with E-state index in [0.29, 0.717) is 13.0 Å². The van der Waals surface area contributed by atoms with E-state index < -0.39 is 24.8 Å². The second-order valence-corrected chi connectivity index (χ2v) is 8.30. The van der Waals surface area contributed by atoms with E-state index in [9.17, 15) is 16.8 Å². The number of ether oxygens (including phenoxy) is 1. The molecular weight excluding hydrogens is 278 g/mol. The van der Waals surface area contributed by atoms with Gasteiger partial charge >= 0.3 is 0 Å².